The van der Waals surface area contributed by atoms with Crippen molar-refractivity contribution in [1.82, 2.24) is 10.2 Å². The molecule has 0 aromatic heterocycles. The number of urea groups is 1. The molecule has 154 valence electrons. The number of ether oxygens (including phenoxy) is 2. The molecule has 0 bridgehead atoms. The molecule has 0 unspecified atom stereocenters. The van der Waals surface area contributed by atoms with Crippen molar-refractivity contribution in [1.29, 1.82) is 0 Å². The highest BCUT2D eigenvalue weighted by molar-refractivity contribution is 6.07. The molecule has 3 rings (SSSR count). The van der Waals surface area contributed by atoms with Crippen LogP contribution in [-0.4, -0.2) is 30.6 Å². The summed E-state index contributed by atoms with van der Waals surface area (Å²) in [7, 11) is 1.26. The van der Waals surface area contributed by atoms with Gasteiger partial charge in [-0.05, 0) is 42.3 Å². The number of carbonyl (C=O) groups is 2. The fraction of sp³-hybridized carbons (Fsp3) is 0.263. The number of halogens is 4. The molecule has 1 heterocycles. The minimum atomic E-state index is -3.04. The number of nitrogens with one attached hydrogen (secondary N) is 1. The van der Waals surface area contributed by atoms with Crippen molar-refractivity contribution in [3.05, 3.63) is 59.2 Å². The number of nitrogens with zero attached hydrogens (tertiary/aromatic N) is 1. The van der Waals surface area contributed by atoms with E-state index < -0.39 is 35.7 Å². The van der Waals surface area contributed by atoms with Gasteiger partial charge in [-0.2, -0.15) is 8.78 Å². The smallest absolute Gasteiger partial charge is 0.387 e. The monoisotopic (exact) mass is 412 g/mol. The van der Waals surface area contributed by atoms with E-state index in [2.05, 4.69) is 10.1 Å². The normalized spacial score (nSPS) is 18.9. The van der Waals surface area contributed by atoms with Crippen LogP contribution in [0.1, 0.15) is 18.1 Å². The number of benzene rings is 2. The summed E-state index contributed by atoms with van der Waals surface area (Å²) in [5, 5.41) is 2.47. The van der Waals surface area contributed by atoms with E-state index in [1.165, 1.54) is 38.3 Å². The van der Waals surface area contributed by atoms with Gasteiger partial charge in [0.1, 0.15) is 5.54 Å². The van der Waals surface area contributed by atoms with Gasteiger partial charge in [0, 0.05) is 0 Å². The van der Waals surface area contributed by atoms with Crippen molar-refractivity contribution in [2.24, 2.45) is 0 Å². The van der Waals surface area contributed by atoms with Crippen molar-refractivity contribution in [3.8, 4) is 11.5 Å². The Hall–Kier alpha value is -3.30. The Balaban J connectivity index is 1.86. The van der Waals surface area contributed by atoms with Gasteiger partial charge in [0.05, 0.1) is 13.7 Å². The molecule has 10 heteroatoms. The van der Waals surface area contributed by atoms with Crippen LogP contribution in [-0.2, 0) is 16.9 Å². The van der Waals surface area contributed by atoms with Crippen LogP contribution in [0.2, 0.25) is 0 Å². The molecule has 1 atom stereocenters. The Morgan fingerprint density at radius 2 is 1.79 bits per heavy atom. The Bertz CT molecular complexity index is 969. The van der Waals surface area contributed by atoms with Gasteiger partial charge >= 0.3 is 12.6 Å². The van der Waals surface area contributed by atoms with Gasteiger partial charge in [0.15, 0.2) is 23.1 Å². The van der Waals surface area contributed by atoms with E-state index >= 15 is 0 Å². The fourth-order valence-corrected chi connectivity index (χ4v) is 3.03. The molecule has 1 aliphatic rings. The highest BCUT2D eigenvalue weighted by Gasteiger charge is 2.49. The van der Waals surface area contributed by atoms with E-state index in [0.29, 0.717) is 5.56 Å². The number of amides is 3. The van der Waals surface area contributed by atoms with Crippen molar-refractivity contribution >= 4 is 11.9 Å². The zero-order chi connectivity index (χ0) is 21.3. The molecule has 1 aliphatic heterocycles. The number of methoxy groups -OCH3 is 1. The second-order valence-electron chi connectivity index (χ2n) is 6.44. The van der Waals surface area contributed by atoms with Gasteiger partial charge in [0.2, 0.25) is 0 Å². The first kappa shape index (κ1) is 20.4. The molecule has 1 fully saturated rings. The standard InChI is InChI=1S/C19H16F4N2O4/c1-19(11-4-5-12(20)13(21)8-11)16(26)25(18(27)24-19)9-10-3-6-14(29-17(22)23)15(7-10)28-2/h3-8,17H,9H2,1-2H3,(H,24,27)/t19-/m0/s1. The molecule has 2 aromatic rings. The van der Waals surface area contributed by atoms with Gasteiger partial charge in [0.25, 0.3) is 5.91 Å². The number of rotatable bonds is 6. The van der Waals surface area contributed by atoms with Crippen LogP contribution < -0.4 is 14.8 Å². The van der Waals surface area contributed by atoms with Crippen molar-refractivity contribution in [3.63, 3.8) is 0 Å². The van der Waals surface area contributed by atoms with Crippen molar-refractivity contribution < 1.29 is 36.6 Å². The van der Waals surface area contributed by atoms with Gasteiger partial charge in [-0.3, -0.25) is 9.69 Å². The lowest BCUT2D eigenvalue weighted by Crippen LogP contribution is -2.41. The Morgan fingerprint density at radius 3 is 2.41 bits per heavy atom. The molecule has 2 aromatic carbocycles. The lowest BCUT2D eigenvalue weighted by Gasteiger charge is -2.22. The highest BCUT2D eigenvalue weighted by Crippen LogP contribution is 2.33. The maximum absolute atomic E-state index is 13.6. The van der Waals surface area contributed by atoms with Gasteiger partial charge in [-0.25, -0.2) is 13.6 Å². The summed E-state index contributed by atoms with van der Waals surface area (Å²) in [6.07, 6.45) is 0. The molecule has 0 saturated carbocycles. The summed E-state index contributed by atoms with van der Waals surface area (Å²) in [5.74, 6) is -3.11. The van der Waals surface area contributed by atoms with E-state index in [1.807, 2.05) is 0 Å². The molecule has 0 aliphatic carbocycles. The summed E-state index contributed by atoms with van der Waals surface area (Å²) >= 11 is 0. The van der Waals surface area contributed by atoms with Crippen LogP contribution in [0.15, 0.2) is 36.4 Å². The maximum atomic E-state index is 13.6. The first-order chi connectivity index (χ1) is 13.7. The summed E-state index contributed by atoms with van der Waals surface area (Å²) in [6.45, 7) is -1.87. The van der Waals surface area contributed by atoms with E-state index in [1.54, 1.807) is 0 Å². The van der Waals surface area contributed by atoms with Gasteiger partial charge in [-0.15, -0.1) is 0 Å². The average molecular weight is 412 g/mol. The Morgan fingerprint density at radius 1 is 1.07 bits per heavy atom. The topological polar surface area (TPSA) is 67.9 Å². The largest absolute Gasteiger partial charge is 0.493 e. The van der Waals surface area contributed by atoms with Crippen LogP contribution in [0.4, 0.5) is 22.4 Å². The van der Waals surface area contributed by atoms with Gasteiger partial charge < -0.3 is 14.8 Å². The van der Waals surface area contributed by atoms with E-state index in [4.69, 9.17) is 4.74 Å². The second kappa shape index (κ2) is 7.61. The first-order valence-electron chi connectivity index (χ1n) is 8.37. The summed E-state index contributed by atoms with van der Waals surface area (Å²) in [4.78, 5) is 26.1. The second-order valence-corrected chi connectivity index (χ2v) is 6.44. The number of imide groups is 1. The van der Waals surface area contributed by atoms with Crippen LogP contribution in [0.25, 0.3) is 0 Å². The zero-order valence-corrected chi connectivity index (χ0v) is 15.3. The SMILES string of the molecule is COc1cc(CN2C(=O)N[C@@](C)(c3ccc(F)c(F)c3)C2=O)ccc1OC(F)F. The Labute approximate surface area is 163 Å². The number of hydrogen-bond acceptors (Lipinski definition) is 4. The molecule has 0 radical (unpaired) electrons. The summed E-state index contributed by atoms with van der Waals surface area (Å²) < 4.78 is 61.0. The lowest BCUT2D eigenvalue weighted by atomic mass is 9.92. The average Bonchev–Trinajstić information content (AvgIpc) is 2.88. The van der Waals surface area contributed by atoms with Crippen molar-refractivity contribution in [2.75, 3.05) is 7.11 Å². The summed E-state index contributed by atoms with van der Waals surface area (Å²) in [5.41, 5.74) is -1.11. The van der Waals surface area contributed by atoms with Crippen LogP contribution in [0, 0.1) is 11.6 Å². The first-order valence-corrected chi connectivity index (χ1v) is 8.37. The maximum Gasteiger partial charge on any atom is 0.387 e. The number of hydrogen-bond donors (Lipinski definition) is 1. The predicted molar refractivity (Wildman–Crippen MR) is 92.4 cm³/mol. The molecule has 1 saturated heterocycles. The third kappa shape index (κ3) is 3.82. The van der Waals surface area contributed by atoms with Crippen LogP contribution >= 0.6 is 0 Å². The molecule has 6 nitrogen and oxygen atoms in total. The Kier molecular flexibility index (Phi) is 5.36. The quantitative estimate of drug-likeness (QED) is 0.582. The lowest BCUT2D eigenvalue weighted by molar-refractivity contribution is -0.131. The minimum absolute atomic E-state index is 0.00165. The molecule has 29 heavy (non-hydrogen) atoms. The van der Waals surface area contributed by atoms with E-state index in [0.717, 1.165) is 17.0 Å². The summed E-state index contributed by atoms with van der Waals surface area (Å²) in [6, 6.07) is 6.15. The third-order valence-corrected chi connectivity index (χ3v) is 4.56. The van der Waals surface area contributed by atoms with Crippen LogP contribution in [0.3, 0.4) is 0 Å². The zero-order valence-electron chi connectivity index (χ0n) is 15.3. The number of alkyl halides is 2. The van der Waals surface area contributed by atoms with Gasteiger partial charge in [-0.1, -0.05) is 12.1 Å². The van der Waals surface area contributed by atoms with Crippen molar-refractivity contribution in [2.45, 2.75) is 25.6 Å². The molecular formula is C19H16F4N2O4. The van der Waals surface area contributed by atoms with E-state index in [9.17, 15) is 27.2 Å². The number of carbonyl (C=O) groups excluding carboxylic acids is 2. The molecule has 1 N–H and O–H groups in total. The van der Waals surface area contributed by atoms with Crippen LogP contribution in [0.5, 0.6) is 11.5 Å². The molecule has 3 amide bonds. The third-order valence-electron chi connectivity index (χ3n) is 4.56. The highest BCUT2D eigenvalue weighted by atomic mass is 19.3. The van der Waals surface area contributed by atoms with E-state index in [-0.39, 0.29) is 23.6 Å². The fourth-order valence-electron chi connectivity index (χ4n) is 3.03. The predicted octanol–water partition coefficient (Wildman–Crippen LogP) is 3.54. The molecular weight excluding hydrogens is 396 g/mol. The minimum Gasteiger partial charge on any atom is -0.493 e. The molecule has 0 spiro atoms.